The van der Waals surface area contributed by atoms with Crippen molar-refractivity contribution in [3.63, 3.8) is 0 Å². The SMILES string of the molecule is CSc1ccc(C2OC(C)=NC2COC(C)=O)cc1. The van der Waals surface area contributed by atoms with Gasteiger partial charge in [-0.15, -0.1) is 11.8 Å². The van der Waals surface area contributed by atoms with Crippen molar-refractivity contribution in [1.29, 1.82) is 0 Å². The maximum Gasteiger partial charge on any atom is 0.302 e. The highest BCUT2D eigenvalue weighted by molar-refractivity contribution is 7.98. The third-order valence-corrected chi connectivity index (χ3v) is 3.64. The number of esters is 1. The Morgan fingerprint density at radius 3 is 2.68 bits per heavy atom. The molecule has 0 amide bonds. The zero-order chi connectivity index (χ0) is 13.8. The van der Waals surface area contributed by atoms with E-state index < -0.39 is 0 Å². The lowest BCUT2D eigenvalue weighted by atomic mass is 10.0. The Hall–Kier alpha value is -1.49. The van der Waals surface area contributed by atoms with Gasteiger partial charge in [-0.1, -0.05) is 12.1 Å². The molecule has 1 heterocycles. The van der Waals surface area contributed by atoms with Gasteiger partial charge in [-0.25, -0.2) is 4.99 Å². The van der Waals surface area contributed by atoms with Crippen molar-refractivity contribution < 1.29 is 14.3 Å². The van der Waals surface area contributed by atoms with Gasteiger partial charge >= 0.3 is 5.97 Å². The van der Waals surface area contributed by atoms with Gasteiger partial charge in [-0.2, -0.15) is 0 Å². The third kappa shape index (κ3) is 3.50. The number of carbonyl (C=O) groups is 1. The van der Waals surface area contributed by atoms with Crippen LogP contribution in [0.1, 0.15) is 25.5 Å². The topological polar surface area (TPSA) is 47.9 Å². The van der Waals surface area contributed by atoms with E-state index in [-0.39, 0.29) is 24.7 Å². The van der Waals surface area contributed by atoms with Gasteiger partial charge in [0.15, 0.2) is 12.0 Å². The summed E-state index contributed by atoms with van der Waals surface area (Å²) in [5, 5.41) is 0. The summed E-state index contributed by atoms with van der Waals surface area (Å²) in [6, 6.07) is 8.01. The molecule has 1 aromatic carbocycles. The molecule has 0 saturated heterocycles. The smallest absolute Gasteiger partial charge is 0.302 e. The van der Waals surface area contributed by atoms with E-state index in [9.17, 15) is 4.79 Å². The van der Waals surface area contributed by atoms with Crippen molar-refractivity contribution in [1.82, 2.24) is 0 Å². The molecule has 4 nitrogen and oxygen atoms in total. The van der Waals surface area contributed by atoms with E-state index in [0.29, 0.717) is 5.90 Å². The third-order valence-electron chi connectivity index (χ3n) is 2.90. The van der Waals surface area contributed by atoms with Gasteiger partial charge in [0.25, 0.3) is 0 Å². The average Bonchev–Trinajstić information content (AvgIpc) is 2.78. The molecule has 0 spiro atoms. The maximum atomic E-state index is 10.9. The number of carbonyl (C=O) groups excluding carboxylic acids is 1. The van der Waals surface area contributed by atoms with E-state index in [1.807, 2.05) is 25.3 Å². The molecular weight excluding hydrogens is 262 g/mol. The van der Waals surface area contributed by atoms with Crippen LogP contribution in [-0.2, 0) is 14.3 Å². The minimum Gasteiger partial charge on any atom is -0.471 e. The van der Waals surface area contributed by atoms with Crippen LogP contribution >= 0.6 is 11.8 Å². The van der Waals surface area contributed by atoms with E-state index >= 15 is 0 Å². The lowest BCUT2D eigenvalue weighted by Gasteiger charge is -2.17. The summed E-state index contributed by atoms with van der Waals surface area (Å²) in [5.74, 6) is 0.340. The fourth-order valence-corrected chi connectivity index (χ4v) is 2.41. The molecule has 0 aliphatic carbocycles. The number of hydrogen-bond acceptors (Lipinski definition) is 5. The first kappa shape index (κ1) is 13.9. The predicted octanol–water partition coefficient (Wildman–Crippen LogP) is 2.83. The van der Waals surface area contributed by atoms with Crippen molar-refractivity contribution in [3.8, 4) is 0 Å². The van der Waals surface area contributed by atoms with Gasteiger partial charge < -0.3 is 9.47 Å². The zero-order valence-corrected chi connectivity index (χ0v) is 12.1. The number of thioether (sulfide) groups is 1. The van der Waals surface area contributed by atoms with E-state index in [1.54, 1.807) is 11.8 Å². The highest BCUT2D eigenvalue weighted by Crippen LogP contribution is 2.30. The number of nitrogens with zero attached hydrogens (tertiary/aromatic N) is 1. The van der Waals surface area contributed by atoms with Crippen LogP contribution in [0.25, 0.3) is 0 Å². The predicted molar refractivity (Wildman–Crippen MR) is 75.6 cm³/mol. The first-order chi connectivity index (χ1) is 9.10. The summed E-state index contributed by atoms with van der Waals surface area (Å²) in [6.45, 7) is 3.47. The van der Waals surface area contributed by atoms with Gasteiger partial charge in [0, 0.05) is 18.7 Å². The highest BCUT2D eigenvalue weighted by atomic mass is 32.2. The van der Waals surface area contributed by atoms with Gasteiger partial charge in [0.05, 0.1) is 0 Å². The van der Waals surface area contributed by atoms with Crippen LogP contribution < -0.4 is 0 Å². The lowest BCUT2D eigenvalue weighted by molar-refractivity contribution is -0.141. The molecule has 0 radical (unpaired) electrons. The standard InChI is InChI=1S/C14H17NO3S/c1-9-15-13(8-17-10(2)16)14(18-9)11-4-6-12(19-3)7-5-11/h4-7,13-14H,8H2,1-3H3. The van der Waals surface area contributed by atoms with Crippen molar-refractivity contribution in [2.24, 2.45) is 4.99 Å². The van der Waals surface area contributed by atoms with Crippen LogP contribution in [0, 0.1) is 0 Å². The van der Waals surface area contributed by atoms with Gasteiger partial charge in [-0.05, 0) is 24.0 Å². The normalized spacial score (nSPS) is 21.7. The first-order valence-electron chi connectivity index (χ1n) is 6.08. The molecule has 2 rings (SSSR count). The molecule has 1 aliphatic rings. The van der Waals surface area contributed by atoms with Crippen LogP contribution in [0.15, 0.2) is 34.2 Å². The summed E-state index contributed by atoms with van der Waals surface area (Å²) in [6.07, 6.45) is 1.87. The molecule has 0 aromatic heterocycles. The molecule has 102 valence electrons. The number of aliphatic imine (C=N–C) groups is 1. The number of hydrogen-bond donors (Lipinski definition) is 0. The first-order valence-corrected chi connectivity index (χ1v) is 7.31. The summed E-state index contributed by atoms with van der Waals surface area (Å²) in [5.41, 5.74) is 1.05. The monoisotopic (exact) mass is 279 g/mol. The Balaban J connectivity index is 2.10. The van der Waals surface area contributed by atoms with Gasteiger partial charge in [0.2, 0.25) is 0 Å². The van der Waals surface area contributed by atoms with Crippen LogP contribution in [-0.4, -0.2) is 30.8 Å². The van der Waals surface area contributed by atoms with Crippen LogP contribution in [0.5, 0.6) is 0 Å². The summed E-state index contributed by atoms with van der Waals surface area (Å²) >= 11 is 1.70. The Bertz CT molecular complexity index is 484. The fraction of sp³-hybridized carbons (Fsp3) is 0.429. The second-order valence-electron chi connectivity index (χ2n) is 4.33. The summed E-state index contributed by atoms with van der Waals surface area (Å²) < 4.78 is 10.8. The zero-order valence-electron chi connectivity index (χ0n) is 11.3. The van der Waals surface area contributed by atoms with E-state index in [2.05, 4.69) is 17.1 Å². The van der Waals surface area contributed by atoms with Crippen molar-refractivity contribution in [3.05, 3.63) is 29.8 Å². The molecule has 0 fully saturated rings. The molecule has 0 N–H and O–H groups in total. The quantitative estimate of drug-likeness (QED) is 0.628. The molecule has 0 saturated carbocycles. The molecule has 5 heteroatoms. The second kappa shape index (κ2) is 6.10. The maximum absolute atomic E-state index is 10.9. The molecule has 19 heavy (non-hydrogen) atoms. The van der Waals surface area contributed by atoms with Gasteiger partial charge in [-0.3, -0.25) is 4.79 Å². The summed E-state index contributed by atoms with van der Waals surface area (Å²) in [7, 11) is 0. The molecule has 0 bridgehead atoms. The molecule has 2 unspecified atom stereocenters. The fourth-order valence-electron chi connectivity index (χ4n) is 2.01. The van der Waals surface area contributed by atoms with Crippen LogP contribution in [0.4, 0.5) is 0 Å². The Morgan fingerprint density at radius 2 is 2.11 bits per heavy atom. The van der Waals surface area contributed by atoms with Crippen LogP contribution in [0.3, 0.4) is 0 Å². The Morgan fingerprint density at radius 1 is 1.42 bits per heavy atom. The van der Waals surface area contributed by atoms with E-state index in [4.69, 9.17) is 9.47 Å². The largest absolute Gasteiger partial charge is 0.471 e. The molecule has 1 aromatic rings. The van der Waals surface area contributed by atoms with Crippen molar-refractivity contribution in [2.75, 3.05) is 12.9 Å². The van der Waals surface area contributed by atoms with Crippen LogP contribution in [0.2, 0.25) is 0 Å². The minimum atomic E-state index is -0.295. The lowest BCUT2D eigenvalue weighted by Crippen LogP contribution is -2.21. The van der Waals surface area contributed by atoms with Gasteiger partial charge in [0.1, 0.15) is 12.6 Å². The van der Waals surface area contributed by atoms with E-state index in [1.165, 1.54) is 11.8 Å². The number of benzene rings is 1. The highest BCUT2D eigenvalue weighted by Gasteiger charge is 2.31. The second-order valence-corrected chi connectivity index (χ2v) is 5.21. The summed E-state index contributed by atoms with van der Waals surface area (Å²) in [4.78, 5) is 16.5. The Kier molecular flexibility index (Phi) is 4.47. The molecular formula is C14H17NO3S. The van der Waals surface area contributed by atoms with Crippen molar-refractivity contribution in [2.45, 2.75) is 30.9 Å². The average molecular weight is 279 g/mol. The molecule has 1 aliphatic heterocycles. The number of ether oxygens (including phenoxy) is 2. The van der Waals surface area contributed by atoms with Crippen molar-refractivity contribution >= 4 is 23.6 Å². The minimum absolute atomic E-state index is 0.163. The molecule has 2 atom stereocenters. The van der Waals surface area contributed by atoms with E-state index in [0.717, 1.165) is 5.56 Å². The Labute approximate surface area is 117 Å². The number of rotatable bonds is 4.